The van der Waals surface area contributed by atoms with Gasteiger partial charge in [-0.2, -0.15) is 19.5 Å². The van der Waals surface area contributed by atoms with Crippen molar-refractivity contribution in [3.8, 4) is 11.6 Å². The Morgan fingerprint density at radius 3 is 2.74 bits per heavy atom. The first-order valence-corrected chi connectivity index (χ1v) is 12.1. The number of nitrogen functional groups attached to an aromatic ring is 1. The zero-order valence-electron chi connectivity index (χ0n) is 18.7. The fraction of sp³-hybridized carbons (Fsp3) is 0.429. The zero-order chi connectivity index (χ0) is 23.2. The number of hydrogen-bond acceptors (Lipinski definition) is 11. The van der Waals surface area contributed by atoms with Crippen molar-refractivity contribution in [2.45, 2.75) is 25.8 Å². The predicted molar refractivity (Wildman–Crippen MR) is 127 cm³/mol. The summed E-state index contributed by atoms with van der Waals surface area (Å²) in [6.07, 6.45) is 3.45. The van der Waals surface area contributed by atoms with E-state index in [1.54, 1.807) is 17.4 Å². The van der Waals surface area contributed by atoms with Gasteiger partial charge >= 0.3 is 0 Å². The monoisotopic (exact) mass is 480 g/mol. The molecule has 2 aliphatic heterocycles. The summed E-state index contributed by atoms with van der Waals surface area (Å²) < 4.78 is 7.01. The molecule has 1 atom stereocenters. The lowest BCUT2D eigenvalue weighted by Gasteiger charge is -2.37. The van der Waals surface area contributed by atoms with Crippen LogP contribution in [0.4, 0.5) is 17.0 Å². The van der Waals surface area contributed by atoms with Crippen LogP contribution in [-0.2, 0) is 4.79 Å². The molecule has 0 bridgehead atoms. The average Bonchev–Trinajstić information content (AvgIpc) is 3.65. The van der Waals surface area contributed by atoms with Crippen molar-refractivity contribution in [2.75, 3.05) is 48.3 Å². The molecule has 13 heteroatoms. The minimum atomic E-state index is -0.316. The largest absolute Gasteiger partial charge is 0.458 e. The molecule has 4 aromatic rings. The number of rotatable bonds is 4. The van der Waals surface area contributed by atoms with Crippen LogP contribution in [0.2, 0.25) is 0 Å². The van der Waals surface area contributed by atoms with E-state index in [0.29, 0.717) is 42.9 Å². The van der Waals surface area contributed by atoms with Crippen molar-refractivity contribution >= 4 is 40.0 Å². The van der Waals surface area contributed by atoms with Crippen molar-refractivity contribution in [1.82, 2.24) is 34.4 Å². The normalized spacial score (nSPS) is 18.9. The fourth-order valence-electron chi connectivity index (χ4n) is 4.55. The Bertz CT molecular complexity index is 1320. The molecular weight excluding hydrogens is 456 g/mol. The molecular formula is C21H24N10O2S. The average molecular weight is 481 g/mol. The first kappa shape index (κ1) is 20.8. The lowest BCUT2D eigenvalue weighted by atomic mass is 10.1. The molecule has 2 aliphatic rings. The molecule has 34 heavy (non-hydrogen) atoms. The van der Waals surface area contributed by atoms with Crippen LogP contribution in [0.1, 0.15) is 18.6 Å². The lowest BCUT2D eigenvalue weighted by Crippen LogP contribution is -2.54. The maximum absolute atomic E-state index is 13.4. The van der Waals surface area contributed by atoms with Crippen LogP contribution in [0.5, 0.6) is 0 Å². The van der Waals surface area contributed by atoms with Gasteiger partial charge in [0.15, 0.2) is 10.9 Å². The van der Waals surface area contributed by atoms with Gasteiger partial charge in [-0.3, -0.25) is 4.79 Å². The maximum atomic E-state index is 13.4. The summed E-state index contributed by atoms with van der Waals surface area (Å²) in [5.74, 6) is 2.68. The zero-order valence-corrected chi connectivity index (χ0v) is 19.5. The molecule has 1 amide bonds. The summed E-state index contributed by atoms with van der Waals surface area (Å²) in [5, 5.41) is 7.35. The summed E-state index contributed by atoms with van der Waals surface area (Å²) in [7, 11) is 0. The second kappa shape index (κ2) is 8.24. The number of furan rings is 1. The Morgan fingerprint density at radius 2 is 2.00 bits per heavy atom. The number of anilines is 3. The SMILES string of the molecule is Cc1ccc(-c2nc3nc(N4CCC[C@H]4C(=O)N4CCN(c5nccs5)CC4)nc(N)n3n2)o1. The Balaban J connectivity index is 1.22. The third-order valence-electron chi connectivity index (χ3n) is 6.26. The third-order valence-corrected chi connectivity index (χ3v) is 7.09. The number of amides is 1. The van der Waals surface area contributed by atoms with Gasteiger partial charge in [0.1, 0.15) is 11.8 Å². The predicted octanol–water partition coefficient (Wildman–Crippen LogP) is 1.44. The highest BCUT2D eigenvalue weighted by molar-refractivity contribution is 7.13. The molecule has 2 N–H and O–H groups in total. The van der Waals surface area contributed by atoms with Crippen molar-refractivity contribution in [2.24, 2.45) is 0 Å². The van der Waals surface area contributed by atoms with E-state index in [2.05, 4.69) is 29.9 Å². The molecule has 0 aliphatic carbocycles. The van der Waals surface area contributed by atoms with Crippen LogP contribution < -0.4 is 15.5 Å². The lowest BCUT2D eigenvalue weighted by molar-refractivity contribution is -0.132. The van der Waals surface area contributed by atoms with E-state index < -0.39 is 0 Å². The fourth-order valence-corrected chi connectivity index (χ4v) is 5.24. The van der Waals surface area contributed by atoms with Crippen LogP contribution in [0.3, 0.4) is 0 Å². The Morgan fingerprint density at radius 1 is 1.15 bits per heavy atom. The van der Waals surface area contributed by atoms with Crippen molar-refractivity contribution < 1.29 is 9.21 Å². The van der Waals surface area contributed by atoms with E-state index in [-0.39, 0.29) is 17.9 Å². The number of carbonyl (C=O) groups excluding carboxylic acids is 1. The number of aryl methyl sites for hydroxylation is 1. The second-order valence-electron chi connectivity index (χ2n) is 8.42. The highest BCUT2D eigenvalue weighted by Gasteiger charge is 2.37. The number of thiazole rings is 1. The van der Waals surface area contributed by atoms with Gasteiger partial charge in [0, 0.05) is 44.3 Å². The van der Waals surface area contributed by atoms with Gasteiger partial charge < -0.3 is 24.9 Å². The smallest absolute Gasteiger partial charge is 0.259 e. The van der Waals surface area contributed by atoms with Gasteiger partial charge in [0.25, 0.3) is 5.78 Å². The standard InChI is InChI=1S/C21H24N10O2S/c1-13-4-5-15(33-13)16-24-20-26-19(25-18(22)31(20)27-16)30-7-2-3-14(30)17(32)28-8-10-29(11-9-28)21-23-6-12-34-21/h4-6,12,14H,2-3,7-11H2,1H3,(H2,22,24,25,26,27)/t14-/m0/s1. The number of piperazine rings is 1. The Kier molecular flexibility index (Phi) is 5.05. The van der Waals surface area contributed by atoms with E-state index in [0.717, 1.165) is 36.8 Å². The van der Waals surface area contributed by atoms with Crippen LogP contribution in [0, 0.1) is 6.92 Å². The molecule has 176 valence electrons. The maximum Gasteiger partial charge on any atom is 0.259 e. The molecule has 0 saturated carbocycles. The summed E-state index contributed by atoms with van der Waals surface area (Å²) >= 11 is 1.62. The molecule has 0 radical (unpaired) electrons. The Hall–Kier alpha value is -3.74. The molecule has 6 rings (SSSR count). The van der Waals surface area contributed by atoms with Crippen LogP contribution >= 0.6 is 11.3 Å². The van der Waals surface area contributed by atoms with E-state index in [9.17, 15) is 4.79 Å². The van der Waals surface area contributed by atoms with Gasteiger partial charge in [-0.15, -0.1) is 16.4 Å². The summed E-state index contributed by atoms with van der Waals surface area (Å²) in [6, 6.07) is 3.33. The number of hydrogen-bond donors (Lipinski definition) is 1. The quantitative estimate of drug-likeness (QED) is 0.457. The van der Waals surface area contributed by atoms with Crippen LogP contribution in [0.15, 0.2) is 28.1 Å². The number of fused-ring (bicyclic) bond motifs is 1. The number of carbonyl (C=O) groups is 1. The van der Waals surface area contributed by atoms with Gasteiger partial charge in [0.2, 0.25) is 23.6 Å². The summed E-state index contributed by atoms with van der Waals surface area (Å²) in [6.45, 7) is 5.42. The first-order valence-electron chi connectivity index (χ1n) is 11.2. The molecule has 0 spiro atoms. The highest BCUT2D eigenvalue weighted by atomic mass is 32.1. The Labute approximate surface area is 199 Å². The molecule has 4 aromatic heterocycles. The molecule has 6 heterocycles. The van der Waals surface area contributed by atoms with Crippen molar-refractivity contribution in [3.05, 3.63) is 29.5 Å². The van der Waals surface area contributed by atoms with Crippen LogP contribution in [0.25, 0.3) is 17.4 Å². The van der Waals surface area contributed by atoms with E-state index in [1.807, 2.05) is 34.4 Å². The molecule has 0 aromatic carbocycles. The first-order chi connectivity index (χ1) is 16.6. The molecule has 0 unspecified atom stereocenters. The molecule has 12 nitrogen and oxygen atoms in total. The van der Waals surface area contributed by atoms with E-state index in [4.69, 9.17) is 10.2 Å². The van der Waals surface area contributed by atoms with Gasteiger partial charge in [-0.1, -0.05) is 0 Å². The van der Waals surface area contributed by atoms with E-state index in [1.165, 1.54) is 4.52 Å². The second-order valence-corrected chi connectivity index (χ2v) is 9.29. The number of nitrogens with two attached hydrogens (primary N) is 1. The number of nitrogens with zero attached hydrogens (tertiary/aromatic N) is 9. The van der Waals surface area contributed by atoms with Crippen molar-refractivity contribution in [1.29, 1.82) is 0 Å². The summed E-state index contributed by atoms with van der Waals surface area (Å²) in [5.41, 5.74) is 6.19. The minimum Gasteiger partial charge on any atom is -0.458 e. The minimum absolute atomic E-state index is 0.103. The number of aromatic nitrogens is 6. The van der Waals surface area contributed by atoms with Crippen molar-refractivity contribution in [3.63, 3.8) is 0 Å². The van der Waals surface area contributed by atoms with Gasteiger partial charge in [-0.25, -0.2) is 4.98 Å². The molecule has 2 saturated heterocycles. The topological polar surface area (TPSA) is 135 Å². The molecule has 2 fully saturated rings. The highest BCUT2D eigenvalue weighted by Crippen LogP contribution is 2.27. The summed E-state index contributed by atoms with van der Waals surface area (Å²) in [4.78, 5) is 37.4. The van der Waals surface area contributed by atoms with Gasteiger partial charge in [0.05, 0.1) is 0 Å². The van der Waals surface area contributed by atoms with Gasteiger partial charge in [-0.05, 0) is 31.9 Å². The third kappa shape index (κ3) is 3.61. The van der Waals surface area contributed by atoms with Crippen LogP contribution in [-0.4, -0.2) is 79.1 Å². The van der Waals surface area contributed by atoms with E-state index >= 15 is 0 Å².